The Labute approximate surface area is 93.6 Å². The van der Waals surface area contributed by atoms with Crippen molar-refractivity contribution in [3.8, 4) is 5.75 Å². The van der Waals surface area contributed by atoms with Crippen LogP contribution in [-0.2, 0) is 14.8 Å². The minimum Gasteiger partial charge on any atom is -0.406 e. The predicted molar refractivity (Wildman–Crippen MR) is 48.4 cm³/mol. The zero-order chi connectivity index (χ0) is 13.1. The number of isocyanates is 1. The van der Waals surface area contributed by atoms with Gasteiger partial charge in [-0.2, -0.15) is 8.42 Å². The number of nitrogens with zero attached hydrogens (tertiary/aromatic N) is 1. The molecule has 0 N–H and O–H groups in total. The molecule has 0 saturated carbocycles. The van der Waals surface area contributed by atoms with E-state index in [0.29, 0.717) is 6.07 Å². The summed E-state index contributed by atoms with van der Waals surface area (Å²) in [5.74, 6) is -0.723. The van der Waals surface area contributed by atoms with Crippen molar-refractivity contribution in [3.63, 3.8) is 0 Å². The molecular formula is C8H4F3NO4S. The molecule has 0 amide bonds. The molecule has 0 radical (unpaired) electrons. The van der Waals surface area contributed by atoms with Crippen molar-refractivity contribution in [3.05, 3.63) is 24.3 Å². The molecule has 17 heavy (non-hydrogen) atoms. The van der Waals surface area contributed by atoms with Crippen molar-refractivity contribution in [2.75, 3.05) is 0 Å². The summed E-state index contributed by atoms with van der Waals surface area (Å²) in [4.78, 5) is 9.23. The molecule has 5 nitrogen and oxygen atoms in total. The van der Waals surface area contributed by atoms with E-state index in [1.165, 1.54) is 0 Å². The Morgan fingerprint density at radius 2 is 1.94 bits per heavy atom. The van der Waals surface area contributed by atoms with Gasteiger partial charge in [0.25, 0.3) is 16.1 Å². The number of hydrogen-bond donors (Lipinski definition) is 0. The van der Waals surface area contributed by atoms with Crippen molar-refractivity contribution in [1.29, 1.82) is 0 Å². The maximum absolute atomic E-state index is 11.9. The summed E-state index contributed by atoms with van der Waals surface area (Å²) in [5.41, 5.74) is 0. The van der Waals surface area contributed by atoms with E-state index in [4.69, 9.17) is 0 Å². The molecule has 0 fully saturated rings. The third-order valence-corrected chi connectivity index (χ3v) is 2.66. The Bertz CT molecular complexity index is 560. The summed E-state index contributed by atoms with van der Waals surface area (Å²) in [6.07, 6.45) is -4.14. The number of sulfonamides is 1. The Kier molecular flexibility index (Phi) is 3.54. The first kappa shape index (κ1) is 13.2. The van der Waals surface area contributed by atoms with Crippen LogP contribution >= 0.6 is 0 Å². The van der Waals surface area contributed by atoms with Crippen LogP contribution in [0.2, 0.25) is 0 Å². The molecule has 0 bridgehead atoms. The van der Waals surface area contributed by atoms with Crippen molar-refractivity contribution < 1.29 is 31.1 Å². The van der Waals surface area contributed by atoms with Gasteiger partial charge in [0.2, 0.25) is 0 Å². The highest BCUT2D eigenvalue weighted by molar-refractivity contribution is 7.90. The molecule has 1 aromatic carbocycles. The first-order valence-electron chi connectivity index (χ1n) is 3.94. The van der Waals surface area contributed by atoms with Crippen molar-refractivity contribution >= 4 is 16.1 Å². The number of alkyl halides is 3. The minimum absolute atomic E-state index is 0.595. The third kappa shape index (κ3) is 3.89. The summed E-state index contributed by atoms with van der Waals surface area (Å²) >= 11 is 0. The molecule has 92 valence electrons. The lowest BCUT2D eigenvalue weighted by Crippen LogP contribution is -2.17. The number of rotatable bonds is 3. The molecule has 0 heterocycles. The molecular weight excluding hydrogens is 263 g/mol. The number of ether oxygens (including phenoxy) is 1. The third-order valence-electron chi connectivity index (χ3n) is 1.49. The molecule has 0 aromatic heterocycles. The van der Waals surface area contributed by atoms with Crippen LogP contribution in [0.25, 0.3) is 0 Å². The fraction of sp³-hybridized carbons (Fsp3) is 0.125. The standard InChI is InChI=1S/C8H4F3NO4S/c9-8(10,11)16-6-2-1-3-7(4-6)17(14,15)12-5-13/h1-4H. The van der Waals surface area contributed by atoms with E-state index >= 15 is 0 Å². The van der Waals surface area contributed by atoms with E-state index < -0.39 is 27.0 Å². The average Bonchev–Trinajstić information content (AvgIpc) is 2.15. The van der Waals surface area contributed by atoms with Gasteiger partial charge in [0.1, 0.15) is 5.75 Å². The summed E-state index contributed by atoms with van der Waals surface area (Å²) in [6, 6.07) is 3.51. The van der Waals surface area contributed by atoms with E-state index in [1.54, 1.807) is 0 Å². The first-order valence-corrected chi connectivity index (χ1v) is 5.38. The maximum Gasteiger partial charge on any atom is 0.573 e. The van der Waals surface area contributed by atoms with Gasteiger partial charge in [-0.25, -0.2) is 4.79 Å². The van der Waals surface area contributed by atoms with E-state index in [-0.39, 0.29) is 0 Å². The zero-order valence-electron chi connectivity index (χ0n) is 7.93. The van der Waals surface area contributed by atoms with E-state index in [1.807, 2.05) is 0 Å². The number of hydrogen-bond acceptors (Lipinski definition) is 4. The lowest BCUT2D eigenvalue weighted by atomic mass is 10.3. The predicted octanol–water partition coefficient (Wildman–Crippen LogP) is 1.61. The summed E-state index contributed by atoms with van der Waals surface area (Å²) in [5, 5.41) is 0. The zero-order valence-corrected chi connectivity index (χ0v) is 8.75. The topological polar surface area (TPSA) is 72.8 Å². The SMILES string of the molecule is O=C=NS(=O)(=O)c1cccc(OC(F)(F)F)c1. The van der Waals surface area contributed by atoms with Crippen LogP contribution < -0.4 is 4.74 Å². The second kappa shape index (κ2) is 4.56. The van der Waals surface area contributed by atoms with Crippen LogP contribution in [0.5, 0.6) is 5.75 Å². The monoisotopic (exact) mass is 267 g/mol. The normalized spacial score (nSPS) is 11.7. The number of benzene rings is 1. The molecule has 9 heteroatoms. The van der Waals surface area contributed by atoms with Gasteiger partial charge in [-0.3, -0.25) is 0 Å². The lowest BCUT2D eigenvalue weighted by Gasteiger charge is -2.08. The number of halogens is 3. The largest absolute Gasteiger partial charge is 0.573 e. The van der Waals surface area contributed by atoms with Crippen LogP contribution in [0.3, 0.4) is 0 Å². The lowest BCUT2D eigenvalue weighted by molar-refractivity contribution is -0.274. The Morgan fingerprint density at radius 1 is 1.29 bits per heavy atom. The highest BCUT2D eigenvalue weighted by atomic mass is 32.2. The van der Waals surface area contributed by atoms with Crippen LogP contribution in [0.1, 0.15) is 0 Å². The highest BCUT2D eigenvalue weighted by Gasteiger charge is 2.31. The van der Waals surface area contributed by atoms with Gasteiger partial charge < -0.3 is 4.74 Å². The Morgan fingerprint density at radius 3 is 2.47 bits per heavy atom. The molecule has 1 rings (SSSR count). The minimum atomic E-state index is -4.93. The Hall–Kier alpha value is -1.86. The molecule has 0 aliphatic heterocycles. The number of carbonyl (C=O) groups excluding carboxylic acids is 1. The molecule has 0 aliphatic carbocycles. The van der Waals surface area contributed by atoms with E-state index in [0.717, 1.165) is 24.3 Å². The van der Waals surface area contributed by atoms with Crippen molar-refractivity contribution in [2.45, 2.75) is 11.3 Å². The fourth-order valence-electron chi connectivity index (χ4n) is 0.934. The smallest absolute Gasteiger partial charge is 0.406 e. The summed E-state index contributed by atoms with van der Waals surface area (Å²) in [6.45, 7) is 0. The van der Waals surface area contributed by atoms with Crippen molar-refractivity contribution in [2.24, 2.45) is 4.40 Å². The molecule has 1 aromatic rings. The fourth-order valence-corrected chi connectivity index (χ4v) is 1.65. The van der Waals surface area contributed by atoms with Gasteiger partial charge in [0, 0.05) is 6.07 Å². The van der Waals surface area contributed by atoms with Crippen LogP contribution in [0.4, 0.5) is 13.2 Å². The second-order valence-corrected chi connectivity index (χ2v) is 4.28. The maximum atomic E-state index is 11.9. The van der Waals surface area contributed by atoms with Gasteiger partial charge in [0.15, 0.2) is 0 Å². The molecule has 0 spiro atoms. The van der Waals surface area contributed by atoms with Gasteiger partial charge >= 0.3 is 6.36 Å². The molecule has 0 aliphatic rings. The van der Waals surface area contributed by atoms with Gasteiger partial charge in [-0.1, -0.05) is 10.5 Å². The first-order chi connectivity index (χ1) is 7.74. The summed E-state index contributed by atoms with van der Waals surface area (Å²) in [7, 11) is -4.33. The van der Waals surface area contributed by atoms with Crippen LogP contribution in [0, 0.1) is 0 Å². The van der Waals surface area contributed by atoms with E-state index in [2.05, 4.69) is 9.13 Å². The molecule has 0 unspecified atom stereocenters. The van der Waals surface area contributed by atoms with Crippen LogP contribution in [-0.4, -0.2) is 20.9 Å². The molecule has 0 atom stereocenters. The second-order valence-electron chi connectivity index (χ2n) is 2.68. The summed E-state index contributed by atoms with van der Waals surface area (Å²) < 4.78 is 64.0. The van der Waals surface area contributed by atoms with E-state index in [9.17, 15) is 26.4 Å². The average molecular weight is 267 g/mol. The molecule has 0 saturated heterocycles. The quantitative estimate of drug-likeness (QED) is 0.616. The highest BCUT2D eigenvalue weighted by Crippen LogP contribution is 2.25. The van der Waals surface area contributed by atoms with Gasteiger partial charge in [-0.05, 0) is 12.1 Å². The van der Waals surface area contributed by atoms with Gasteiger partial charge in [-0.15, -0.1) is 13.2 Å². The van der Waals surface area contributed by atoms with Crippen molar-refractivity contribution in [1.82, 2.24) is 0 Å². The van der Waals surface area contributed by atoms with Crippen LogP contribution in [0.15, 0.2) is 33.6 Å². The Balaban J connectivity index is 3.15. The van der Waals surface area contributed by atoms with Gasteiger partial charge in [0.05, 0.1) is 4.90 Å².